The van der Waals surface area contributed by atoms with Gasteiger partial charge in [0.15, 0.2) is 11.5 Å². The molecule has 0 radical (unpaired) electrons. The minimum atomic E-state index is -0.441. The average Bonchev–Trinajstić information content (AvgIpc) is 3.18. The van der Waals surface area contributed by atoms with Crippen molar-refractivity contribution in [1.29, 1.82) is 0 Å². The van der Waals surface area contributed by atoms with Crippen molar-refractivity contribution in [3.8, 4) is 17.2 Å². The standard InChI is InChI=1S/C28H31N3O5S/c1-5-13-35-21-9-6-19(7-10-21)15-22-26(32)29-28-31(30-22)27(33)25(37-28)17-20-8-11-23(24(16-20)34-4)36-14-12-18(2)3/h6-11,16-18H,5,12-15H2,1-4H3/b25-17-. The fraction of sp³-hybridized carbons (Fsp3) is 0.357. The summed E-state index contributed by atoms with van der Waals surface area (Å²) in [5.41, 5.74) is 1.10. The second kappa shape index (κ2) is 12.0. The predicted molar refractivity (Wildman–Crippen MR) is 145 cm³/mol. The van der Waals surface area contributed by atoms with Gasteiger partial charge < -0.3 is 14.2 Å². The third-order valence-corrected chi connectivity index (χ3v) is 6.62. The molecule has 0 saturated carbocycles. The first kappa shape index (κ1) is 26.3. The number of methoxy groups -OCH3 is 1. The van der Waals surface area contributed by atoms with Crippen LogP contribution in [0.3, 0.4) is 0 Å². The lowest BCUT2D eigenvalue weighted by atomic mass is 10.1. The van der Waals surface area contributed by atoms with Gasteiger partial charge in [-0.2, -0.15) is 14.6 Å². The Morgan fingerprint density at radius 1 is 1.03 bits per heavy atom. The number of ether oxygens (including phenoxy) is 3. The van der Waals surface area contributed by atoms with Gasteiger partial charge in [-0.1, -0.05) is 50.3 Å². The largest absolute Gasteiger partial charge is 0.494 e. The molecule has 9 heteroatoms. The van der Waals surface area contributed by atoms with Crippen LogP contribution in [0.1, 0.15) is 50.4 Å². The summed E-state index contributed by atoms with van der Waals surface area (Å²) in [4.78, 5) is 30.1. The first-order chi connectivity index (χ1) is 17.9. The minimum Gasteiger partial charge on any atom is -0.494 e. The minimum absolute atomic E-state index is 0.214. The van der Waals surface area contributed by atoms with Crippen molar-refractivity contribution < 1.29 is 14.2 Å². The molecule has 0 unspecified atom stereocenters. The first-order valence-electron chi connectivity index (χ1n) is 12.3. The molecule has 0 amide bonds. The van der Waals surface area contributed by atoms with Crippen LogP contribution in [0.25, 0.3) is 11.0 Å². The van der Waals surface area contributed by atoms with E-state index in [2.05, 4.69) is 23.9 Å². The maximum absolute atomic E-state index is 13.1. The van der Waals surface area contributed by atoms with Gasteiger partial charge in [-0.3, -0.25) is 9.59 Å². The summed E-state index contributed by atoms with van der Waals surface area (Å²) in [6.07, 6.45) is 3.88. The molecule has 2 aromatic heterocycles. The van der Waals surface area contributed by atoms with Crippen LogP contribution < -0.4 is 29.9 Å². The van der Waals surface area contributed by atoms with Crippen molar-refractivity contribution in [1.82, 2.24) is 14.6 Å². The number of benzene rings is 2. The smallest absolute Gasteiger partial charge is 0.296 e. The molecular weight excluding hydrogens is 490 g/mol. The van der Waals surface area contributed by atoms with E-state index in [0.717, 1.165) is 41.1 Å². The van der Waals surface area contributed by atoms with E-state index in [1.54, 1.807) is 13.2 Å². The van der Waals surface area contributed by atoms with Gasteiger partial charge in [-0.05, 0) is 60.2 Å². The van der Waals surface area contributed by atoms with Gasteiger partial charge in [-0.25, -0.2) is 0 Å². The van der Waals surface area contributed by atoms with Gasteiger partial charge in [0.05, 0.1) is 24.9 Å². The third kappa shape index (κ3) is 6.54. The Morgan fingerprint density at radius 2 is 1.81 bits per heavy atom. The normalized spacial score (nSPS) is 11.9. The molecule has 0 aliphatic carbocycles. The monoisotopic (exact) mass is 521 g/mol. The molecule has 37 heavy (non-hydrogen) atoms. The summed E-state index contributed by atoms with van der Waals surface area (Å²) >= 11 is 1.12. The summed E-state index contributed by atoms with van der Waals surface area (Å²) in [5, 5.41) is 4.34. The van der Waals surface area contributed by atoms with Crippen LogP contribution in [0.5, 0.6) is 17.2 Å². The van der Waals surface area contributed by atoms with Gasteiger partial charge in [0.25, 0.3) is 11.1 Å². The quantitative estimate of drug-likeness (QED) is 0.296. The Bertz CT molecular complexity index is 1530. The second-order valence-corrected chi connectivity index (χ2v) is 10.1. The van der Waals surface area contributed by atoms with Gasteiger partial charge in [-0.15, -0.1) is 0 Å². The highest BCUT2D eigenvalue weighted by Crippen LogP contribution is 2.28. The van der Waals surface area contributed by atoms with E-state index in [4.69, 9.17) is 14.2 Å². The highest BCUT2D eigenvalue weighted by Gasteiger charge is 2.13. The fourth-order valence-electron chi connectivity index (χ4n) is 3.62. The first-order valence-corrected chi connectivity index (χ1v) is 13.2. The van der Waals surface area contributed by atoms with E-state index >= 15 is 0 Å². The summed E-state index contributed by atoms with van der Waals surface area (Å²) in [5.74, 6) is 2.56. The molecular formula is C28H31N3O5S. The molecule has 2 aromatic carbocycles. The fourth-order valence-corrected chi connectivity index (χ4v) is 4.52. The SMILES string of the molecule is CCCOc1ccc(Cc2nn3c(=O)/c(=C/c4ccc(OCCC(C)C)c(OC)c4)sc3nc2=O)cc1. The lowest BCUT2D eigenvalue weighted by Gasteiger charge is -2.12. The Balaban J connectivity index is 1.60. The molecule has 0 bridgehead atoms. The summed E-state index contributed by atoms with van der Waals surface area (Å²) < 4.78 is 18.6. The Hall–Kier alpha value is -3.72. The Labute approximate surface area is 219 Å². The topological polar surface area (TPSA) is 92.0 Å². The van der Waals surface area contributed by atoms with Crippen molar-refractivity contribution in [2.24, 2.45) is 5.92 Å². The Kier molecular flexibility index (Phi) is 8.55. The van der Waals surface area contributed by atoms with Gasteiger partial charge in [0.1, 0.15) is 11.4 Å². The molecule has 194 valence electrons. The molecule has 0 spiro atoms. The number of thiazole rings is 1. The van der Waals surface area contributed by atoms with E-state index in [1.807, 2.05) is 49.4 Å². The number of fused-ring (bicyclic) bond motifs is 1. The molecule has 4 aromatic rings. The molecule has 0 fully saturated rings. The van der Waals surface area contributed by atoms with E-state index in [9.17, 15) is 9.59 Å². The molecule has 2 heterocycles. The van der Waals surface area contributed by atoms with Crippen LogP contribution in [0.15, 0.2) is 52.1 Å². The predicted octanol–water partition coefficient (Wildman–Crippen LogP) is 3.87. The summed E-state index contributed by atoms with van der Waals surface area (Å²) in [6.45, 7) is 7.58. The van der Waals surface area contributed by atoms with Crippen molar-refractivity contribution in [3.05, 3.63) is 84.5 Å². The molecule has 0 N–H and O–H groups in total. The van der Waals surface area contributed by atoms with Crippen LogP contribution in [-0.2, 0) is 6.42 Å². The number of hydrogen-bond donors (Lipinski definition) is 0. The summed E-state index contributed by atoms with van der Waals surface area (Å²) in [6, 6.07) is 13.0. The zero-order valence-corrected chi connectivity index (χ0v) is 22.3. The zero-order valence-electron chi connectivity index (χ0n) is 21.5. The lowest BCUT2D eigenvalue weighted by Crippen LogP contribution is -2.28. The molecule has 8 nitrogen and oxygen atoms in total. The van der Waals surface area contributed by atoms with Crippen molar-refractivity contribution >= 4 is 22.4 Å². The van der Waals surface area contributed by atoms with Crippen LogP contribution in [0, 0.1) is 5.92 Å². The lowest BCUT2D eigenvalue weighted by molar-refractivity contribution is 0.273. The Morgan fingerprint density at radius 3 is 2.51 bits per heavy atom. The molecule has 4 rings (SSSR count). The van der Waals surface area contributed by atoms with Crippen LogP contribution in [-0.4, -0.2) is 34.9 Å². The average molecular weight is 522 g/mol. The number of nitrogens with zero attached hydrogens (tertiary/aromatic N) is 3. The van der Waals surface area contributed by atoms with E-state index in [1.165, 1.54) is 4.52 Å². The van der Waals surface area contributed by atoms with Crippen molar-refractivity contribution in [2.75, 3.05) is 20.3 Å². The molecule has 0 saturated heterocycles. The van der Waals surface area contributed by atoms with E-state index < -0.39 is 5.56 Å². The molecule has 0 aliphatic rings. The number of rotatable bonds is 11. The molecule has 0 aliphatic heterocycles. The van der Waals surface area contributed by atoms with E-state index in [-0.39, 0.29) is 22.6 Å². The second-order valence-electron chi connectivity index (χ2n) is 9.08. The molecule has 0 atom stereocenters. The van der Waals surface area contributed by atoms with Crippen molar-refractivity contribution in [3.63, 3.8) is 0 Å². The third-order valence-electron chi connectivity index (χ3n) is 5.66. The highest BCUT2D eigenvalue weighted by molar-refractivity contribution is 7.15. The van der Waals surface area contributed by atoms with Gasteiger partial charge in [0.2, 0.25) is 4.96 Å². The maximum atomic E-state index is 13.1. The zero-order chi connectivity index (χ0) is 26.4. The maximum Gasteiger partial charge on any atom is 0.296 e. The van der Waals surface area contributed by atoms with Crippen LogP contribution in [0.4, 0.5) is 0 Å². The number of aromatic nitrogens is 3. The van der Waals surface area contributed by atoms with Crippen LogP contribution >= 0.6 is 11.3 Å². The number of hydrogen-bond acceptors (Lipinski definition) is 8. The van der Waals surface area contributed by atoms with Gasteiger partial charge in [0, 0.05) is 6.42 Å². The van der Waals surface area contributed by atoms with Crippen LogP contribution in [0.2, 0.25) is 0 Å². The summed E-state index contributed by atoms with van der Waals surface area (Å²) in [7, 11) is 1.58. The van der Waals surface area contributed by atoms with Crippen molar-refractivity contribution in [2.45, 2.75) is 40.0 Å². The van der Waals surface area contributed by atoms with Gasteiger partial charge >= 0.3 is 0 Å². The van der Waals surface area contributed by atoms with E-state index in [0.29, 0.717) is 35.2 Å². The highest BCUT2D eigenvalue weighted by atomic mass is 32.1.